The Hall–Kier alpha value is -2.58. The number of carboxylic acids is 1. The van der Waals surface area contributed by atoms with E-state index in [4.69, 9.17) is 9.84 Å². The molecule has 1 N–H and O–H groups in total. The Morgan fingerprint density at radius 2 is 1.86 bits per heavy atom. The van der Waals surface area contributed by atoms with E-state index in [0.29, 0.717) is 0 Å². The van der Waals surface area contributed by atoms with Crippen molar-refractivity contribution in [3.63, 3.8) is 0 Å². The van der Waals surface area contributed by atoms with E-state index in [1.807, 2.05) is 0 Å². The minimum Gasteiger partial charge on any atom is -0.481 e. The van der Waals surface area contributed by atoms with Crippen LogP contribution in [-0.4, -0.2) is 20.9 Å². The molecule has 1 aromatic heterocycles. The minimum absolute atomic E-state index is 0.0223. The molecule has 0 saturated heterocycles. The predicted molar refractivity (Wildman–Crippen MR) is 60.8 cm³/mol. The average molecular weight is 304 g/mol. The predicted octanol–water partition coefficient (Wildman–Crippen LogP) is 2.25. The fourth-order valence-electron chi connectivity index (χ4n) is 1.63. The first kappa shape index (κ1) is 14.8. The third-order valence-corrected chi connectivity index (χ3v) is 2.72. The topological polar surface area (TPSA) is 64.4 Å². The van der Waals surface area contributed by atoms with Gasteiger partial charge in [0.25, 0.3) is 0 Å². The zero-order valence-electron chi connectivity index (χ0n) is 10.5. The van der Waals surface area contributed by atoms with Crippen molar-refractivity contribution in [3.05, 3.63) is 46.8 Å². The normalized spacial score (nSPS) is 10.7. The van der Waals surface area contributed by atoms with Crippen LogP contribution in [0.5, 0.6) is 5.75 Å². The van der Waals surface area contributed by atoms with Gasteiger partial charge in [-0.05, 0) is 0 Å². The van der Waals surface area contributed by atoms with Gasteiger partial charge in [-0.2, -0.15) is 13.9 Å². The summed E-state index contributed by atoms with van der Waals surface area (Å²) in [5, 5.41) is 12.5. The molecule has 21 heavy (non-hydrogen) atoms. The van der Waals surface area contributed by atoms with Gasteiger partial charge in [0.05, 0.1) is 11.9 Å². The Morgan fingerprint density at radius 1 is 1.29 bits per heavy atom. The van der Waals surface area contributed by atoms with Crippen LogP contribution >= 0.6 is 0 Å². The molecule has 0 aliphatic rings. The van der Waals surface area contributed by atoms with Gasteiger partial charge >= 0.3 is 5.97 Å². The highest BCUT2D eigenvalue weighted by Crippen LogP contribution is 2.27. The number of hydrogen-bond acceptors (Lipinski definition) is 3. The summed E-state index contributed by atoms with van der Waals surface area (Å²) in [6, 6.07) is 0.0459. The number of nitrogens with zero attached hydrogens (tertiary/aromatic N) is 2. The number of ether oxygens (including phenoxy) is 1. The van der Waals surface area contributed by atoms with Crippen molar-refractivity contribution in [1.82, 2.24) is 9.78 Å². The molecule has 0 atom stereocenters. The smallest absolute Gasteiger partial charge is 0.339 e. The molecule has 1 heterocycles. The maximum absolute atomic E-state index is 13.4. The van der Waals surface area contributed by atoms with Crippen LogP contribution in [-0.2, 0) is 13.7 Å². The first-order chi connectivity index (χ1) is 9.82. The Labute approximate surface area is 115 Å². The molecule has 5 nitrogen and oxygen atoms in total. The van der Waals surface area contributed by atoms with Crippen LogP contribution in [0.3, 0.4) is 0 Å². The number of hydrogen-bond donors (Lipinski definition) is 1. The average Bonchev–Trinajstić information content (AvgIpc) is 2.78. The third-order valence-electron chi connectivity index (χ3n) is 2.72. The molecule has 0 spiro atoms. The van der Waals surface area contributed by atoms with Gasteiger partial charge in [-0.3, -0.25) is 4.68 Å². The van der Waals surface area contributed by atoms with Crippen molar-refractivity contribution in [2.75, 3.05) is 0 Å². The van der Waals surface area contributed by atoms with Crippen LogP contribution in [0.15, 0.2) is 12.3 Å². The van der Waals surface area contributed by atoms with Crippen molar-refractivity contribution in [2.24, 2.45) is 7.05 Å². The molecule has 0 saturated carbocycles. The van der Waals surface area contributed by atoms with E-state index in [2.05, 4.69) is 5.10 Å². The Bertz CT molecular complexity index is 689. The number of aryl methyl sites for hydroxylation is 1. The van der Waals surface area contributed by atoms with Crippen molar-refractivity contribution in [2.45, 2.75) is 6.61 Å². The maximum atomic E-state index is 13.4. The van der Waals surface area contributed by atoms with Gasteiger partial charge in [-0.25, -0.2) is 13.6 Å². The molecule has 1 aromatic carbocycles. The van der Waals surface area contributed by atoms with Crippen molar-refractivity contribution >= 4 is 5.97 Å². The minimum atomic E-state index is -1.70. The molecule has 0 bridgehead atoms. The van der Waals surface area contributed by atoms with Crippen molar-refractivity contribution in [3.8, 4) is 5.75 Å². The quantitative estimate of drug-likeness (QED) is 0.695. The number of carboxylic acid groups (broad SMARTS) is 1. The summed E-state index contributed by atoms with van der Waals surface area (Å²) in [7, 11) is 1.38. The SMILES string of the molecule is Cn1ncc(C(=O)O)c1COc1c(F)c(F)cc(F)c1F. The van der Waals surface area contributed by atoms with Crippen LogP contribution in [0, 0.1) is 23.3 Å². The highest BCUT2D eigenvalue weighted by atomic mass is 19.2. The van der Waals surface area contributed by atoms with E-state index in [0.717, 1.165) is 10.9 Å². The van der Waals surface area contributed by atoms with E-state index < -0.39 is 41.6 Å². The molecule has 0 unspecified atom stereocenters. The van der Waals surface area contributed by atoms with Gasteiger partial charge in [0.2, 0.25) is 11.6 Å². The molecule has 112 valence electrons. The lowest BCUT2D eigenvalue weighted by atomic mass is 10.2. The summed E-state index contributed by atoms with van der Waals surface area (Å²) in [5.41, 5.74) is -0.277. The lowest BCUT2D eigenvalue weighted by molar-refractivity contribution is 0.0693. The summed E-state index contributed by atoms with van der Waals surface area (Å²) in [5.74, 6) is -9.22. The van der Waals surface area contributed by atoms with Crippen LogP contribution < -0.4 is 4.74 Å². The number of rotatable bonds is 4. The van der Waals surface area contributed by atoms with Crippen LogP contribution in [0.2, 0.25) is 0 Å². The molecule has 9 heteroatoms. The largest absolute Gasteiger partial charge is 0.481 e. The first-order valence-corrected chi connectivity index (χ1v) is 5.53. The number of carbonyl (C=O) groups is 1. The summed E-state index contributed by atoms with van der Waals surface area (Å²) >= 11 is 0. The van der Waals surface area contributed by atoms with E-state index in [1.54, 1.807) is 0 Å². The summed E-state index contributed by atoms with van der Waals surface area (Å²) in [4.78, 5) is 10.9. The lowest BCUT2D eigenvalue weighted by Crippen LogP contribution is -2.10. The Kier molecular flexibility index (Phi) is 3.83. The van der Waals surface area contributed by atoms with E-state index in [9.17, 15) is 22.4 Å². The fraction of sp³-hybridized carbons (Fsp3) is 0.167. The zero-order valence-corrected chi connectivity index (χ0v) is 10.5. The van der Waals surface area contributed by atoms with E-state index in [-0.39, 0.29) is 17.3 Å². The highest BCUT2D eigenvalue weighted by molar-refractivity contribution is 5.88. The van der Waals surface area contributed by atoms with Crippen LogP contribution in [0.4, 0.5) is 17.6 Å². The van der Waals surface area contributed by atoms with Gasteiger partial charge in [0.1, 0.15) is 12.2 Å². The molecular weight excluding hydrogens is 296 g/mol. The van der Waals surface area contributed by atoms with Crippen LogP contribution in [0.25, 0.3) is 0 Å². The van der Waals surface area contributed by atoms with Gasteiger partial charge in [0.15, 0.2) is 17.4 Å². The Morgan fingerprint density at radius 3 is 2.38 bits per heavy atom. The molecule has 2 aromatic rings. The van der Waals surface area contributed by atoms with Crippen molar-refractivity contribution in [1.29, 1.82) is 0 Å². The van der Waals surface area contributed by atoms with Crippen molar-refractivity contribution < 1.29 is 32.2 Å². The molecule has 0 amide bonds. The van der Waals surface area contributed by atoms with E-state index >= 15 is 0 Å². The summed E-state index contributed by atoms with van der Waals surface area (Å²) in [6.07, 6.45) is 1.01. The van der Waals surface area contributed by atoms with Crippen LogP contribution in [0.1, 0.15) is 16.1 Å². The molecule has 0 radical (unpaired) electrons. The first-order valence-electron chi connectivity index (χ1n) is 5.53. The zero-order chi connectivity index (χ0) is 15.7. The molecule has 0 aliphatic carbocycles. The third kappa shape index (κ3) is 2.67. The maximum Gasteiger partial charge on any atom is 0.339 e. The molecule has 0 fully saturated rings. The van der Waals surface area contributed by atoms with Gasteiger partial charge in [-0.1, -0.05) is 0 Å². The second-order valence-corrected chi connectivity index (χ2v) is 4.02. The van der Waals surface area contributed by atoms with E-state index in [1.165, 1.54) is 7.05 Å². The second kappa shape index (κ2) is 5.43. The van der Waals surface area contributed by atoms with Gasteiger partial charge < -0.3 is 9.84 Å². The number of aromatic carboxylic acids is 1. The lowest BCUT2D eigenvalue weighted by Gasteiger charge is -2.10. The highest BCUT2D eigenvalue weighted by Gasteiger charge is 2.22. The summed E-state index contributed by atoms with van der Waals surface area (Å²) < 4.78 is 58.6. The monoisotopic (exact) mass is 304 g/mol. The number of aromatic nitrogens is 2. The van der Waals surface area contributed by atoms with Gasteiger partial charge in [0, 0.05) is 13.1 Å². The second-order valence-electron chi connectivity index (χ2n) is 4.02. The molecule has 0 aliphatic heterocycles. The Balaban J connectivity index is 2.33. The molecule has 2 rings (SSSR count). The standard InChI is InChI=1S/C12H8F4N2O3/c1-18-8(5(3-17-18)12(19)20)4-21-11-9(15)6(13)2-7(14)10(11)16/h2-3H,4H2,1H3,(H,19,20). The summed E-state index contributed by atoms with van der Waals surface area (Å²) in [6.45, 7) is -0.630. The fourth-order valence-corrected chi connectivity index (χ4v) is 1.63. The number of halogens is 4. The molecular formula is C12H8F4N2O3. The number of benzene rings is 1. The van der Waals surface area contributed by atoms with Gasteiger partial charge in [-0.15, -0.1) is 0 Å².